The summed E-state index contributed by atoms with van der Waals surface area (Å²) in [7, 11) is -0.837. The highest BCUT2D eigenvalue weighted by molar-refractivity contribution is 7.89. The minimum atomic E-state index is -3.80. The van der Waals surface area contributed by atoms with Gasteiger partial charge in [-0.25, -0.2) is 8.42 Å². The highest BCUT2D eigenvalue weighted by atomic mass is 35.5. The lowest BCUT2D eigenvalue weighted by molar-refractivity contribution is -0.131. The van der Waals surface area contributed by atoms with E-state index < -0.39 is 10.0 Å². The van der Waals surface area contributed by atoms with Crippen molar-refractivity contribution < 1.29 is 17.9 Å². The van der Waals surface area contributed by atoms with E-state index in [1.165, 1.54) is 31.3 Å². The second kappa shape index (κ2) is 9.73. The van der Waals surface area contributed by atoms with Gasteiger partial charge in [0.25, 0.3) is 0 Å². The second-order valence-corrected chi connectivity index (χ2v) is 8.61. The molecule has 0 fully saturated rings. The number of nitrogens with zero attached hydrogens (tertiary/aromatic N) is 2. The highest BCUT2D eigenvalue weighted by Crippen LogP contribution is 2.18. The second-order valence-electron chi connectivity index (χ2n) is 6.13. The molecule has 0 saturated carbocycles. The van der Waals surface area contributed by atoms with E-state index in [4.69, 9.17) is 16.3 Å². The topological polar surface area (TPSA) is 66.9 Å². The van der Waals surface area contributed by atoms with Crippen molar-refractivity contribution in [3.05, 3.63) is 71.8 Å². The molecule has 8 heteroatoms. The molecule has 0 unspecified atom stereocenters. The molecule has 0 radical (unpaired) electrons. The zero-order chi connectivity index (χ0) is 20.7. The summed E-state index contributed by atoms with van der Waals surface area (Å²) in [5, 5.41) is 0.439. The van der Waals surface area contributed by atoms with Gasteiger partial charge in [0.1, 0.15) is 5.75 Å². The van der Waals surface area contributed by atoms with Gasteiger partial charge in [0, 0.05) is 25.2 Å². The predicted molar refractivity (Wildman–Crippen MR) is 110 cm³/mol. The number of amides is 1. The lowest BCUT2D eigenvalue weighted by atomic mass is 10.2. The molecule has 0 aliphatic heterocycles. The molecule has 0 aromatic heterocycles. The number of likely N-dealkylation sites (N-methyl/N-ethyl adjacent to an activating group) is 1. The summed E-state index contributed by atoms with van der Waals surface area (Å²) in [4.78, 5) is 14.4. The van der Waals surface area contributed by atoms with E-state index in [0.717, 1.165) is 15.6 Å². The Morgan fingerprint density at radius 1 is 1.14 bits per heavy atom. The van der Waals surface area contributed by atoms with Crippen LogP contribution in [0.15, 0.2) is 66.1 Å². The van der Waals surface area contributed by atoms with Gasteiger partial charge in [-0.2, -0.15) is 4.31 Å². The molecule has 2 aromatic carbocycles. The third kappa shape index (κ3) is 5.58. The van der Waals surface area contributed by atoms with E-state index in [2.05, 4.69) is 6.58 Å². The zero-order valence-electron chi connectivity index (χ0n) is 15.8. The fourth-order valence-electron chi connectivity index (χ4n) is 2.52. The molecule has 0 aliphatic carbocycles. The smallest absolute Gasteiger partial charge is 0.243 e. The molecule has 0 heterocycles. The minimum Gasteiger partial charge on any atom is -0.497 e. The summed E-state index contributed by atoms with van der Waals surface area (Å²) in [5.74, 6) is 0.398. The van der Waals surface area contributed by atoms with Crippen LogP contribution in [-0.4, -0.2) is 50.8 Å². The van der Waals surface area contributed by atoms with Crippen molar-refractivity contribution in [3.63, 3.8) is 0 Å². The Bertz CT molecular complexity index is 912. The van der Waals surface area contributed by atoms with Crippen LogP contribution in [0.25, 0.3) is 0 Å². The van der Waals surface area contributed by atoms with Gasteiger partial charge in [0.05, 0.1) is 18.6 Å². The first-order valence-corrected chi connectivity index (χ1v) is 10.3. The van der Waals surface area contributed by atoms with E-state index in [9.17, 15) is 13.2 Å². The lowest BCUT2D eigenvalue weighted by Crippen LogP contribution is -2.40. The van der Waals surface area contributed by atoms with Crippen LogP contribution in [0.3, 0.4) is 0 Å². The Kier molecular flexibility index (Phi) is 7.62. The first kappa shape index (κ1) is 21.9. The molecule has 0 spiro atoms. The van der Waals surface area contributed by atoms with Crippen LogP contribution in [0.5, 0.6) is 5.75 Å². The number of ether oxygens (including phenoxy) is 1. The van der Waals surface area contributed by atoms with Crippen LogP contribution in [0.1, 0.15) is 5.56 Å². The van der Waals surface area contributed by atoms with Gasteiger partial charge in [-0.3, -0.25) is 4.79 Å². The molecule has 0 aliphatic rings. The molecule has 2 rings (SSSR count). The van der Waals surface area contributed by atoms with Gasteiger partial charge in [0.2, 0.25) is 15.9 Å². The van der Waals surface area contributed by atoms with Crippen molar-refractivity contribution in [1.29, 1.82) is 0 Å². The van der Waals surface area contributed by atoms with Crippen LogP contribution in [-0.2, 0) is 21.4 Å². The molecule has 0 bridgehead atoms. The average molecular weight is 423 g/mol. The standard InChI is InChI=1S/C20H23ClN2O4S/c1-4-13-23(14-16-5-9-18(27-3)10-6-16)20(24)15-22(2)28(25,26)19-11-7-17(21)8-12-19/h4-12H,1,13-15H2,2-3H3. The van der Waals surface area contributed by atoms with Gasteiger partial charge < -0.3 is 9.64 Å². The Labute approximate surface area is 171 Å². The number of halogens is 1. The molecule has 2 aromatic rings. The van der Waals surface area contributed by atoms with E-state index in [1.54, 1.807) is 18.1 Å². The van der Waals surface area contributed by atoms with Crippen molar-refractivity contribution in [2.45, 2.75) is 11.4 Å². The molecule has 0 atom stereocenters. The fraction of sp³-hybridized carbons (Fsp3) is 0.250. The number of carbonyl (C=O) groups excluding carboxylic acids is 1. The maximum Gasteiger partial charge on any atom is 0.243 e. The summed E-state index contributed by atoms with van der Waals surface area (Å²) in [6.45, 7) is 4.04. The SMILES string of the molecule is C=CCN(Cc1ccc(OC)cc1)C(=O)CN(C)S(=O)(=O)c1ccc(Cl)cc1. The molecular formula is C20H23ClN2O4S. The number of carbonyl (C=O) groups is 1. The first-order valence-electron chi connectivity index (χ1n) is 8.51. The van der Waals surface area contributed by atoms with Gasteiger partial charge in [-0.15, -0.1) is 6.58 Å². The summed E-state index contributed by atoms with van der Waals surface area (Å²) < 4.78 is 31.5. The Hall–Kier alpha value is -2.35. The fourth-order valence-corrected chi connectivity index (χ4v) is 3.77. The quantitative estimate of drug-likeness (QED) is 0.582. The van der Waals surface area contributed by atoms with E-state index in [1.807, 2.05) is 24.3 Å². The number of hydrogen-bond donors (Lipinski definition) is 0. The summed E-state index contributed by atoms with van der Waals surface area (Å²) in [6, 6.07) is 13.2. The van der Waals surface area contributed by atoms with Crippen molar-refractivity contribution in [3.8, 4) is 5.75 Å². The molecule has 0 N–H and O–H groups in total. The molecule has 28 heavy (non-hydrogen) atoms. The highest BCUT2D eigenvalue weighted by Gasteiger charge is 2.25. The van der Waals surface area contributed by atoms with Crippen LogP contribution >= 0.6 is 11.6 Å². The van der Waals surface area contributed by atoms with Crippen molar-refractivity contribution in [1.82, 2.24) is 9.21 Å². The normalized spacial score (nSPS) is 11.3. The number of hydrogen-bond acceptors (Lipinski definition) is 4. The summed E-state index contributed by atoms with van der Waals surface area (Å²) in [6.07, 6.45) is 1.61. The molecule has 0 saturated heterocycles. The maximum atomic E-state index is 12.7. The summed E-state index contributed by atoms with van der Waals surface area (Å²) in [5.41, 5.74) is 0.902. The van der Waals surface area contributed by atoms with Crippen molar-refractivity contribution in [2.24, 2.45) is 0 Å². The van der Waals surface area contributed by atoms with E-state index >= 15 is 0 Å². The van der Waals surface area contributed by atoms with E-state index in [0.29, 0.717) is 18.1 Å². The molecule has 1 amide bonds. The summed E-state index contributed by atoms with van der Waals surface area (Å²) >= 11 is 5.81. The monoisotopic (exact) mass is 422 g/mol. The molecular weight excluding hydrogens is 400 g/mol. The molecule has 150 valence electrons. The molecule has 6 nitrogen and oxygen atoms in total. The van der Waals surface area contributed by atoms with E-state index in [-0.39, 0.29) is 17.3 Å². The van der Waals surface area contributed by atoms with Crippen LogP contribution in [0, 0.1) is 0 Å². The van der Waals surface area contributed by atoms with Crippen molar-refractivity contribution >= 4 is 27.5 Å². The third-order valence-corrected chi connectivity index (χ3v) is 6.18. The number of rotatable bonds is 9. The van der Waals surface area contributed by atoms with Crippen LogP contribution in [0.4, 0.5) is 0 Å². The van der Waals surface area contributed by atoms with Gasteiger partial charge in [0.15, 0.2) is 0 Å². The number of sulfonamides is 1. The van der Waals surface area contributed by atoms with Gasteiger partial charge in [-0.1, -0.05) is 29.8 Å². The third-order valence-electron chi connectivity index (χ3n) is 4.11. The average Bonchev–Trinajstić information content (AvgIpc) is 2.68. The largest absolute Gasteiger partial charge is 0.497 e. The predicted octanol–water partition coefficient (Wildman–Crippen LogP) is 3.18. The number of methoxy groups -OCH3 is 1. The Morgan fingerprint density at radius 2 is 1.75 bits per heavy atom. The lowest BCUT2D eigenvalue weighted by Gasteiger charge is -2.24. The maximum absolute atomic E-state index is 12.7. The Morgan fingerprint density at radius 3 is 2.29 bits per heavy atom. The van der Waals surface area contributed by atoms with Crippen LogP contribution < -0.4 is 4.74 Å². The van der Waals surface area contributed by atoms with Gasteiger partial charge >= 0.3 is 0 Å². The first-order chi connectivity index (χ1) is 13.3. The van der Waals surface area contributed by atoms with Crippen molar-refractivity contribution in [2.75, 3.05) is 27.2 Å². The number of benzene rings is 2. The zero-order valence-corrected chi connectivity index (χ0v) is 17.4. The van der Waals surface area contributed by atoms with Crippen LogP contribution in [0.2, 0.25) is 5.02 Å². The minimum absolute atomic E-state index is 0.0811. The van der Waals surface area contributed by atoms with Gasteiger partial charge in [-0.05, 0) is 42.0 Å². The Balaban J connectivity index is 2.11.